The molecule has 0 bridgehead atoms. The fraction of sp³-hybridized carbons (Fsp3) is 0.192. The van der Waals surface area contributed by atoms with E-state index in [1.807, 2.05) is 6.20 Å². The smallest absolute Gasteiger partial charge is 0.269 e. The number of piperidine rings is 1. The van der Waals surface area contributed by atoms with E-state index in [0.29, 0.717) is 35.7 Å². The van der Waals surface area contributed by atoms with Crippen molar-refractivity contribution >= 4 is 17.5 Å². The Labute approximate surface area is 205 Å². The third-order valence-corrected chi connectivity index (χ3v) is 6.39. The van der Waals surface area contributed by atoms with Gasteiger partial charge in [0.1, 0.15) is 17.3 Å². The highest BCUT2D eigenvalue weighted by atomic mass is 19.1. The van der Waals surface area contributed by atoms with Crippen LogP contribution in [0.4, 0.5) is 8.78 Å². The van der Waals surface area contributed by atoms with Gasteiger partial charge in [0.25, 0.3) is 5.91 Å². The number of carbonyl (C=O) groups excluding carboxylic acids is 2. The van der Waals surface area contributed by atoms with Crippen LogP contribution in [0.1, 0.15) is 34.8 Å². The number of primary amides is 1. The summed E-state index contributed by atoms with van der Waals surface area (Å²) in [6.45, 7) is 4.77. The first-order valence-electron chi connectivity index (χ1n) is 11.4. The molecule has 1 saturated heterocycles. The minimum atomic E-state index is -0.814. The lowest BCUT2D eigenvalue weighted by atomic mass is 9.91. The normalized spacial score (nSPS) is 14.2. The molecule has 2 amide bonds. The van der Waals surface area contributed by atoms with Crippen LogP contribution in [-0.4, -0.2) is 44.4 Å². The number of halogens is 2. The number of carbonyl (C=O) groups is 2. The summed E-state index contributed by atoms with van der Waals surface area (Å²) < 4.78 is 34.1. The Morgan fingerprint density at radius 3 is 2.50 bits per heavy atom. The van der Waals surface area contributed by atoms with Gasteiger partial charge in [-0.05, 0) is 61.2 Å². The molecular formula is C26H23F2N5O3. The molecule has 0 saturated carbocycles. The molecule has 0 radical (unpaired) electrons. The summed E-state index contributed by atoms with van der Waals surface area (Å²) in [4.78, 5) is 30.8. The van der Waals surface area contributed by atoms with Crippen LogP contribution >= 0.6 is 0 Å². The number of hydrogen-bond donors (Lipinski definition) is 2. The molecule has 0 spiro atoms. The Bertz CT molecular complexity index is 1470. The zero-order valence-corrected chi connectivity index (χ0v) is 19.2. The van der Waals surface area contributed by atoms with Crippen LogP contribution in [0.5, 0.6) is 11.5 Å². The average Bonchev–Trinajstić information content (AvgIpc) is 3.45. The fourth-order valence-corrected chi connectivity index (χ4v) is 4.57. The van der Waals surface area contributed by atoms with E-state index < -0.39 is 17.5 Å². The van der Waals surface area contributed by atoms with Gasteiger partial charge in [0.15, 0.2) is 22.9 Å². The summed E-state index contributed by atoms with van der Waals surface area (Å²) in [5, 5.41) is 3.09. The number of likely N-dealkylation sites (tertiary alicyclic amines) is 1. The predicted octanol–water partition coefficient (Wildman–Crippen LogP) is 4.39. The van der Waals surface area contributed by atoms with Gasteiger partial charge in [-0.25, -0.2) is 18.3 Å². The van der Waals surface area contributed by atoms with E-state index in [9.17, 15) is 18.4 Å². The Morgan fingerprint density at radius 1 is 1.14 bits per heavy atom. The molecule has 0 atom stereocenters. The lowest BCUT2D eigenvalue weighted by Crippen LogP contribution is -2.36. The Balaban J connectivity index is 1.43. The average molecular weight is 491 g/mol. The van der Waals surface area contributed by atoms with E-state index in [2.05, 4.69) is 11.7 Å². The van der Waals surface area contributed by atoms with E-state index >= 15 is 0 Å². The number of aromatic nitrogens is 3. The van der Waals surface area contributed by atoms with Crippen molar-refractivity contribution in [1.82, 2.24) is 19.5 Å². The van der Waals surface area contributed by atoms with Crippen molar-refractivity contribution in [3.63, 3.8) is 0 Å². The monoisotopic (exact) mass is 491 g/mol. The highest BCUT2D eigenvalue weighted by Gasteiger charge is 2.28. The number of ether oxygens (including phenoxy) is 1. The molecule has 0 aliphatic carbocycles. The highest BCUT2D eigenvalue weighted by molar-refractivity contribution is 5.98. The van der Waals surface area contributed by atoms with Gasteiger partial charge >= 0.3 is 0 Å². The lowest BCUT2D eigenvalue weighted by Gasteiger charge is -2.30. The summed E-state index contributed by atoms with van der Waals surface area (Å²) in [6, 6.07) is 9.63. The molecule has 5 rings (SSSR count). The first kappa shape index (κ1) is 23.3. The van der Waals surface area contributed by atoms with Crippen molar-refractivity contribution in [2.75, 3.05) is 13.1 Å². The van der Waals surface area contributed by atoms with E-state index in [4.69, 9.17) is 15.5 Å². The summed E-state index contributed by atoms with van der Waals surface area (Å²) >= 11 is 0. The zero-order chi connectivity index (χ0) is 25.4. The number of nitrogens with two attached hydrogens (primary N) is 1. The van der Waals surface area contributed by atoms with Gasteiger partial charge in [-0.3, -0.25) is 14.7 Å². The molecule has 3 heterocycles. The van der Waals surface area contributed by atoms with Gasteiger partial charge < -0.3 is 15.4 Å². The molecule has 1 aliphatic rings. The van der Waals surface area contributed by atoms with Gasteiger partial charge in [0.2, 0.25) is 5.91 Å². The van der Waals surface area contributed by atoms with Crippen molar-refractivity contribution in [3.05, 3.63) is 84.2 Å². The van der Waals surface area contributed by atoms with Crippen LogP contribution < -0.4 is 10.5 Å². The summed E-state index contributed by atoms with van der Waals surface area (Å²) in [5.41, 5.74) is 8.47. The molecule has 2 aromatic carbocycles. The highest BCUT2D eigenvalue weighted by Crippen LogP contribution is 2.34. The largest absolute Gasteiger partial charge is 0.454 e. The van der Waals surface area contributed by atoms with E-state index in [1.165, 1.54) is 12.1 Å². The van der Waals surface area contributed by atoms with Crippen LogP contribution in [0.2, 0.25) is 0 Å². The van der Waals surface area contributed by atoms with Crippen LogP contribution in [0, 0.1) is 11.6 Å². The van der Waals surface area contributed by atoms with Gasteiger partial charge in [0.05, 0.1) is 0 Å². The number of fused-ring (bicyclic) bond motifs is 1. The second kappa shape index (κ2) is 9.29. The van der Waals surface area contributed by atoms with Crippen molar-refractivity contribution in [2.24, 2.45) is 5.73 Å². The number of benzene rings is 2. The molecule has 4 aromatic rings. The lowest BCUT2D eigenvalue weighted by molar-refractivity contribution is -0.127. The van der Waals surface area contributed by atoms with Crippen molar-refractivity contribution < 1.29 is 23.1 Å². The number of aromatic amines is 1. The van der Waals surface area contributed by atoms with Crippen LogP contribution in [0.15, 0.2) is 61.3 Å². The molecule has 2 aromatic heterocycles. The van der Waals surface area contributed by atoms with E-state index in [1.54, 1.807) is 33.7 Å². The molecular weight excluding hydrogens is 468 g/mol. The van der Waals surface area contributed by atoms with Crippen LogP contribution in [0.3, 0.4) is 0 Å². The van der Waals surface area contributed by atoms with Crippen molar-refractivity contribution in [2.45, 2.75) is 18.8 Å². The number of hydrogen-bond acceptors (Lipinski definition) is 4. The molecule has 0 unspecified atom stereocenters. The standard InChI is InChI=1S/C26H23F2N5O3/c1-2-22(34)32-11-9-15(10-12-32)19-14-30-33-24(25(29)35)23(31-26(19)33)16-3-6-18(7-4-16)36-21-8-5-17(27)13-20(21)28/h2-8,13-15,30H,1,9-12H2,(H2,29,35). The summed E-state index contributed by atoms with van der Waals surface area (Å²) in [5.74, 6) is -1.86. The Morgan fingerprint density at radius 2 is 1.86 bits per heavy atom. The zero-order valence-electron chi connectivity index (χ0n) is 19.2. The number of nitrogens with one attached hydrogen (secondary N) is 1. The molecule has 1 aliphatic heterocycles. The van der Waals surface area contributed by atoms with E-state index in [-0.39, 0.29) is 23.3 Å². The SMILES string of the molecule is C=CC(=O)N1CCC(c2c[nH]n3c(C(N)=O)c(-c4ccc(Oc5ccc(F)cc5F)cc4)nc23)CC1. The maximum atomic E-state index is 13.9. The van der Waals surface area contributed by atoms with Crippen molar-refractivity contribution in [3.8, 4) is 22.8 Å². The maximum absolute atomic E-state index is 13.9. The summed E-state index contributed by atoms with van der Waals surface area (Å²) in [6.07, 6.45) is 4.66. The van der Waals surface area contributed by atoms with Gasteiger partial charge in [-0.1, -0.05) is 6.58 Å². The second-order valence-electron chi connectivity index (χ2n) is 8.57. The minimum absolute atomic E-state index is 0.0821. The molecule has 1 fully saturated rings. The van der Waals surface area contributed by atoms with Crippen LogP contribution in [-0.2, 0) is 4.79 Å². The predicted molar refractivity (Wildman–Crippen MR) is 129 cm³/mol. The minimum Gasteiger partial charge on any atom is -0.454 e. The van der Waals surface area contributed by atoms with Gasteiger partial charge in [0, 0.05) is 36.5 Å². The maximum Gasteiger partial charge on any atom is 0.269 e. The Hall–Kier alpha value is -4.47. The summed E-state index contributed by atoms with van der Waals surface area (Å²) in [7, 11) is 0. The van der Waals surface area contributed by atoms with Crippen molar-refractivity contribution in [1.29, 1.82) is 0 Å². The third-order valence-electron chi connectivity index (χ3n) is 6.39. The first-order chi connectivity index (χ1) is 17.4. The molecule has 36 heavy (non-hydrogen) atoms. The fourth-order valence-electron chi connectivity index (χ4n) is 4.57. The first-order valence-corrected chi connectivity index (χ1v) is 11.4. The number of imidazole rings is 1. The molecule has 184 valence electrons. The Kier molecular flexibility index (Phi) is 6.01. The quantitative estimate of drug-likeness (QED) is 0.390. The third kappa shape index (κ3) is 4.21. The van der Waals surface area contributed by atoms with E-state index in [0.717, 1.165) is 30.5 Å². The molecule has 8 nitrogen and oxygen atoms in total. The number of nitrogens with zero attached hydrogens (tertiary/aromatic N) is 3. The number of H-pyrrole nitrogens is 1. The molecule has 3 N–H and O–H groups in total. The number of amides is 2. The second-order valence-corrected chi connectivity index (χ2v) is 8.57. The van der Waals surface area contributed by atoms with Crippen LogP contribution in [0.25, 0.3) is 16.9 Å². The van der Waals surface area contributed by atoms with Gasteiger partial charge in [-0.2, -0.15) is 0 Å². The molecule has 10 heteroatoms. The number of rotatable bonds is 6. The topological polar surface area (TPSA) is 106 Å². The van der Waals surface area contributed by atoms with Gasteiger partial charge in [-0.15, -0.1) is 0 Å².